The first kappa shape index (κ1) is 42.4. The van der Waals surface area contributed by atoms with Gasteiger partial charge in [0.25, 0.3) is 0 Å². The summed E-state index contributed by atoms with van der Waals surface area (Å²) in [6, 6.07) is -2.42. The normalized spacial score (nSPS) is 20.0. The second kappa shape index (κ2) is 19.4. The fourth-order valence-corrected chi connectivity index (χ4v) is 6.19. The molecule has 5 N–H and O–H groups in total. The van der Waals surface area contributed by atoms with Crippen LogP contribution in [0.1, 0.15) is 108 Å². The van der Waals surface area contributed by atoms with E-state index in [0.29, 0.717) is 31.4 Å². The average Bonchev–Trinajstić information content (AvgIpc) is 3.46. The molecule has 1 rings (SSSR count). The molecule has 0 bridgehead atoms. The smallest absolute Gasteiger partial charge is 0.328 e. The fourth-order valence-electron chi connectivity index (χ4n) is 4.94. The van der Waals surface area contributed by atoms with Gasteiger partial charge in [-0.25, -0.2) is 4.79 Å². The van der Waals surface area contributed by atoms with Crippen molar-refractivity contribution >= 4 is 46.4 Å². The summed E-state index contributed by atoms with van der Waals surface area (Å²) in [5.41, 5.74) is 4.83. The minimum atomic E-state index is -0.832. The van der Waals surface area contributed by atoms with Crippen molar-refractivity contribution in [1.29, 1.82) is 0 Å². The highest BCUT2D eigenvalue weighted by atomic mass is 32.2. The second-order valence-electron chi connectivity index (χ2n) is 14.5. The number of esters is 1. The van der Waals surface area contributed by atoms with E-state index in [4.69, 9.17) is 15.5 Å². The van der Waals surface area contributed by atoms with E-state index in [9.17, 15) is 29.1 Å². The lowest BCUT2D eigenvalue weighted by atomic mass is 9.81. The van der Waals surface area contributed by atoms with Crippen LogP contribution in [0.5, 0.6) is 0 Å². The molecule has 1 heterocycles. The van der Waals surface area contributed by atoms with Gasteiger partial charge in [0.1, 0.15) is 24.2 Å². The Labute approximate surface area is 286 Å². The van der Waals surface area contributed by atoms with Crippen LogP contribution in [0.15, 0.2) is 4.99 Å². The molecule has 0 saturated carbocycles. The number of rotatable bonds is 19. The summed E-state index contributed by atoms with van der Waals surface area (Å²) in [4.78, 5) is 67.8. The zero-order valence-corrected chi connectivity index (χ0v) is 31.2. The van der Waals surface area contributed by atoms with E-state index in [1.54, 1.807) is 25.7 Å². The van der Waals surface area contributed by atoms with Crippen molar-refractivity contribution in [2.24, 2.45) is 33.9 Å². The van der Waals surface area contributed by atoms with E-state index >= 15 is 0 Å². The highest BCUT2D eigenvalue weighted by Crippen LogP contribution is 2.33. The first-order valence-electron chi connectivity index (χ1n) is 16.9. The number of primary amides is 1. The number of nitrogens with two attached hydrogens (primary N) is 1. The number of likely N-dealkylation sites (N-methyl/N-ethyl adjacent to an activating group) is 1. The van der Waals surface area contributed by atoms with Gasteiger partial charge in [0.05, 0.1) is 17.2 Å². The molecule has 9 atom stereocenters. The third-order valence-electron chi connectivity index (χ3n) is 8.98. The number of carbonyl (C=O) groups excluding carboxylic acids is 5. The van der Waals surface area contributed by atoms with Gasteiger partial charge in [-0.05, 0) is 57.3 Å². The lowest BCUT2D eigenvalue weighted by Crippen LogP contribution is -2.50. The SMILES string of the molecule is CCC(C)CC(=O)N(C)[C@@H](C)C(=O)OC(C[C@@H](C)CC(O)C(C)C1=NC(CCC(=O)N[C@@H](C)C(=O)N[C@@H](C)C(N)=O)CS1)C(C)(C)C. The highest BCUT2D eigenvalue weighted by Gasteiger charge is 2.35. The third-order valence-corrected chi connectivity index (χ3v) is 10.3. The Balaban J connectivity index is 2.67. The third kappa shape index (κ3) is 14.5. The second-order valence-corrected chi connectivity index (χ2v) is 15.6. The van der Waals surface area contributed by atoms with Crippen molar-refractivity contribution in [2.75, 3.05) is 12.8 Å². The number of hydrogen-bond acceptors (Lipinski definition) is 9. The molecule has 270 valence electrons. The number of nitrogens with one attached hydrogen (secondary N) is 2. The molecule has 0 fully saturated rings. The molecule has 0 aromatic heterocycles. The summed E-state index contributed by atoms with van der Waals surface area (Å²) < 4.78 is 6.00. The van der Waals surface area contributed by atoms with E-state index in [-0.39, 0.29) is 47.4 Å². The number of aliphatic imine (C=N–C) groups is 1. The lowest BCUT2D eigenvalue weighted by molar-refractivity contribution is -0.164. The minimum absolute atomic E-state index is 0.0428. The van der Waals surface area contributed by atoms with Gasteiger partial charge in [-0.1, -0.05) is 54.9 Å². The van der Waals surface area contributed by atoms with E-state index in [1.165, 1.54) is 18.7 Å². The quantitative estimate of drug-likeness (QED) is 0.150. The van der Waals surface area contributed by atoms with Crippen LogP contribution in [-0.2, 0) is 28.7 Å². The topological polar surface area (TPSA) is 180 Å². The maximum Gasteiger partial charge on any atom is 0.328 e. The van der Waals surface area contributed by atoms with E-state index in [1.807, 2.05) is 48.5 Å². The summed E-state index contributed by atoms with van der Waals surface area (Å²) in [5.74, 6) is -1.15. The molecule has 0 aromatic carbocycles. The Kier molecular flexibility index (Phi) is 17.4. The summed E-state index contributed by atoms with van der Waals surface area (Å²) in [7, 11) is 1.64. The van der Waals surface area contributed by atoms with Gasteiger partial charge in [0.15, 0.2) is 0 Å². The van der Waals surface area contributed by atoms with Gasteiger partial charge in [0.2, 0.25) is 23.6 Å². The number of amides is 4. The molecule has 0 spiro atoms. The number of aliphatic hydroxyl groups is 1. The van der Waals surface area contributed by atoms with Crippen LogP contribution in [0.2, 0.25) is 0 Å². The molecule has 13 heteroatoms. The maximum atomic E-state index is 13.1. The van der Waals surface area contributed by atoms with Gasteiger partial charge >= 0.3 is 5.97 Å². The van der Waals surface area contributed by atoms with E-state index in [0.717, 1.165) is 11.5 Å². The molecule has 47 heavy (non-hydrogen) atoms. The number of thioether (sulfide) groups is 1. The Hall–Kier alpha value is -2.67. The summed E-state index contributed by atoms with van der Waals surface area (Å²) in [5, 5.41) is 17.1. The Bertz CT molecular complexity index is 1110. The fraction of sp³-hybridized carbons (Fsp3) is 0.824. The maximum absolute atomic E-state index is 13.1. The summed E-state index contributed by atoms with van der Waals surface area (Å²) in [6.45, 7) is 18.8. The van der Waals surface area contributed by atoms with Gasteiger partial charge in [-0.15, -0.1) is 11.8 Å². The number of ether oxygens (including phenoxy) is 1. The molecule has 0 aromatic rings. The van der Waals surface area contributed by atoms with Crippen molar-refractivity contribution < 1.29 is 33.8 Å². The van der Waals surface area contributed by atoms with Crippen LogP contribution < -0.4 is 16.4 Å². The van der Waals surface area contributed by atoms with Gasteiger partial charge in [-0.3, -0.25) is 24.2 Å². The van der Waals surface area contributed by atoms with Crippen LogP contribution in [0.3, 0.4) is 0 Å². The van der Waals surface area contributed by atoms with Crippen LogP contribution in [0, 0.1) is 23.2 Å². The molecule has 0 radical (unpaired) electrons. The molecular formula is C34H61N5O7S. The number of carbonyl (C=O) groups is 5. The molecule has 5 unspecified atom stereocenters. The summed E-state index contributed by atoms with van der Waals surface area (Å²) >= 11 is 1.58. The van der Waals surface area contributed by atoms with Gasteiger partial charge < -0.3 is 31.1 Å². The van der Waals surface area contributed by atoms with Crippen LogP contribution >= 0.6 is 11.8 Å². The van der Waals surface area contributed by atoms with Crippen molar-refractivity contribution in [2.45, 2.75) is 144 Å². The predicted octanol–water partition coefficient (Wildman–Crippen LogP) is 3.43. The first-order valence-corrected chi connectivity index (χ1v) is 17.9. The van der Waals surface area contributed by atoms with Crippen LogP contribution in [0.25, 0.3) is 0 Å². The Morgan fingerprint density at radius 1 is 1.02 bits per heavy atom. The molecule has 4 amide bonds. The molecule has 1 aliphatic rings. The minimum Gasteiger partial charge on any atom is -0.460 e. The van der Waals surface area contributed by atoms with E-state index < -0.39 is 48.1 Å². The monoisotopic (exact) mass is 683 g/mol. The molecule has 12 nitrogen and oxygen atoms in total. The average molecular weight is 684 g/mol. The van der Waals surface area contributed by atoms with Crippen molar-refractivity contribution in [3.05, 3.63) is 0 Å². The van der Waals surface area contributed by atoms with Crippen molar-refractivity contribution in [3.63, 3.8) is 0 Å². The zero-order chi connectivity index (χ0) is 36.2. The van der Waals surface area contributed by atoms with Gasteiger partial charge in [-0.2, -0.15) is 0 Å². The lowest BCUT2D eigenvalue weighted by Gasteiger charge is -2.35. The van der Waals surface area contributed by atoms with Crippen molar-refractivity contribution in [3.8, 4) is 0 Å². The first-order chi connectivity index (χ1) is 21.7. The number of nitrogens with zero attached hydrogens (tertiary/aromatic N) is 2. The van der Waals surface area contributed by atoms with Crippen LogP contribution in [-0.4, -0.2) is 93.8 Å². The van der Waals surface area contributed by atoms with Crippen molar-refractivity contribution in [1.82, 2.24) is 15.5 Å². The standard InChI is InChI=1S/C34H61N5O7S/c1-12-19(2)17-29(42)39(11)24(7)33(45)46-27(34(8,9)10)16-20(3)15-26(40)21(4)32-38-25(18-47-32)13-14-28(41)36-23(6)31(44)37-22(5)30(35)43/h19-27,40H,12-18H2,1-11H3,(H2,35,43)(H,36,41)(H,37,44)/t19?,20-,21?,22-,23-,24-,25?,26?,27?/m0/s1. The Morgan fingerprint density at radius 3 is 2.19 bits per heavy atom. The molecule has 0 saturated heterocycles. The summed E-state index contributed by atoms with van der Waals surface area (Å²) in [6.07, 6.45) is 1.97. The number of aliphatic hydroxyl groups excluding tert-OH is 1. The van der Waals surface area contributed by atoms with Crippen LogP contribution in [0.4, 0.5) is 0 Å². The largest absolute Gasteiger partial charge is 0.460 e. The molecule has 1 aliphatic heterocycles. The van der Waals surface area contributed by atoms with Gasteiger partial charge in [0, 0.05) is 31.6 Å². The highest BCUT2D eigenvalue weighted by molar-refractivity contribution is 8.14. The molecule has 0 aliphatic carbocycles. The van der Waals surface area contributed by atoms with E-state index in [2.05, 4.69) is 10.6 Å². The molecular weight excluding hydrogens is 622 g/mol. The zero-order valence-electron chi connectivity index (χ0n) is 30.4. The Morgan fingerprint density at radius 2 is 1.64 bits per heavy atom. The number of hydrogen-bond donors (Lipinski definition) is 4. The predicted molar refractivity (Wildman–Crippen MR) is 187 cm³/mol.